The van der Waals surface area contributed by atoms with Crippen molar-refractivity contribution in [1.29, 1.82) is 0 Å². The van der Waals surface area contributed by atoms with Gasteiger partial charge in [0.25, 0.3) is 10.1 Å². The van der Waals surface area contributed by atoms with Crippen LogP contribution in [0.2, 0.25) is 0 Å². The van der Waals surface area contributed by atoms with E-state index in [2.05, 4.69) is 0 Å². The fourth-order valence-electron chi connectivity index (χ4n) is 3.14. The maximum absolute atomic E-state index is 11.8. The van der Waals surface area contributed by atoms with Gasteiger partial charge < -0.3 is 0 Å². The Hall–Kier alpha value is -2.43. The fraction of sp³-hybridized carbons (Fsp3) is 0. The minimum atomic E-state index is -4.29. The summed E-state index contributed by atoms with van der Waals surface area (Å²) in [5, 5.41) is 5.23. The first-order chi connectivity index (χ1) is 10.6. The zero-order valence-electron chi connectivity index (χ0n) is 11.5. The molecule has 3 nitrogen and oxygen atoms in total. The second kappa shape index (κ2) is 4.53. The lowest BCUT2D eigenvalue weighted by Crippen LogP contribution is -1.99. The topological polar surface area (TPSA) is 54.4 Å². The van der Waals surface area contributed by atoms with E-state index in [4.69, 9.17) is 0 Å². The van der Waals surface area contributed by atoms with Crippen LogP contribution in [0.1, 0.15) is 0 Å². The van der Waals surface area contributed by atoms with Gasteiger partial charge in [0.05, 0.1) is 0 Å². The normalized spacial score (nSPS) is 12.2. The van der Waals surface area contributed by atoms with Crippen molar-refractivity contribution in [3.63, 3.8) is 0 Å². The van der Waals surface area contributed by atoms with Crippen molar-refractivity contribution in [2.24, 2.45) is 0 Å². The van der Waals surface area contributed by atoms with Gasteiger partial charge >= 0.3 is 0 Å². The van der Waals surface area contributed by atoms with Crippen LogP contribution in [0.25, 0.3) is 32.3 Å². The molecule has 0 atom stereocenters. The maximum atomic E-state index is 11.8. The number of benzene rings is 4. The number of rotatable bonds is 1. The lowest BCUT2D eigenvalue weighted by molar-refractivity contribution is 0.484. The highest BCUT2D eigenvalue weighted by atomic mass is 32.2. The minimum Gasteiger partial charge on any atom is -0.282 e. The molecule has 0 bridgehead atoms. The maximum Gasteiger partial charge on any atom is 0.295 e. The Balaban J connectivity index is 2.45. The van der Waals surface area contributed by atoms with E-state index in [0.717, 1.165) is 26.9 Å². The second-order valence-electron chi connectivity index (χ2n) is 5.24. The molecule has 0 aliphatic carbocycles. The molecule has 4 aromatic carbocycles. The van der Waals surface area contributed by atoms with Gasteiger partial charge in [-0.2, -0.15) is 8.42 Å². The molecule has 0 saturated carbocycles. The predicted molar refractivity (Wildman–Crippen MR) is 88.8 cm³/mol. The summed E-state index contributed by atoms with van der Waals surface area (Å²) in [5.74, 6) is 0. The first-order valence-corrected chi connectivity index (χ1v) is 8.31. The van der Waals surface area contributed by atoms with Gasteiger partial charge in [-0.3, -0.25) is 4.55 Å². The van der Waals surface area contributed by atoms with Gasteiger partial charge in [0, 0.05) is 5.39 Å². The smallest absolute Gasteiger partial charge is 0.282 e. The third-order valence-electron chi connectivity index (χ3n) is 4.01. The molecule has 0 radical (unpaired) electrons. The predicted octanol–water partition coefficient (Wildman–Crippen LogP) is 4.39. The van der Waals surface area contributed by atoms with Crippen LogP contribution >= 0.6 is 0 Å². The van der Waals surface area contributed by atoms with E-state index in [1.165, 1.54) is 6.07 Å². The lowest BCUT2D eigenvalue weighted by atomic mass is 9.94. The van der Waals surface area contributed by atoms with Gasteiger partial charge in [0.1, 0.15) is 4.90 Å². The molecule has 4 heteroatoms. The van der Waals surface area contributed by atoms with Crippen molar-refractivity contribution in [3.8, 4) is 0 Å². The highest BCUT2D eigenvalue weighted by Gasteiger charge is 2.17. The highest BCUT2D eigenvalue weighted by Crippen LogP contribution is 2.37. The summed E-state index contributed by atoms with van der Waals surface area (Å²) in [6, 6.07) is 20.5. The van der Waals surface area contributed by atoms with Crippen molar-refractivity contribution in [2.75, 3.05) is 0 Å². The standard InChI is InChI=1S/C18H12O3S/c19-22(20,21)17-11-5-10-16-14-7-2-1-6-12(14)13-8-3-4-9-15(13)18(16)17/h1-11H,(H,19,20,21). The van der Waals surface area contributed by atoms with Crippen molar-refractivity contribution < 1.29 is 13.0 Å². The number of fused-ring (bicyclic) bond motifs is 6. The summed E-state index contributed by atoms with van der Waals surface area (Å²) < 4.78 is 33.2. The molecule has 0 unspecified atom stereocenters. The molecule has 0 fully saturated rings. The zero-order chi connectivity index (χ0) is 15.3. The van der Waals surface area contributed by atoms with Gasteiger partial charge in [-0.25, -0.2) is 0 Å². The van der Waals surface area contributed by atoms with E-state index in [0.29, 0.717) is 5.39 Å². The molecule has 4 aromatic rings. The fourth-order valence-corrected chi connectivity index (χ4v) is 3.87. The Labute approximate surface area is 127 Å². The summed E-state index contributed by atoms with van der Waals surface area (Å²) in [5.41, 5.74) is 0. The quantitative estimate of drug-likeness (QED) is 0.419. The molecule has 0 saturated heterocycles. The van der Waals surface area contributed by atoms with E-state index >= 15 is 0 Å². The third-order valence-corrected chi connectivity index (χ3v) is 4.90. The first-order valence-electron chi connectivity index (χ1n) is 6.87. The molecular weight excluding hydrogens is 296 g/mol. The van der Waals surface area contributed by atoms with Crippen LogP contribution < -0.4 is 0 Å². The van der Waals surface area contributed by atoms with Crippen molar-refractivity contribution >= 4 is 42.4 Å². The van der Waals surface area contributed by atoms with Gasteiger partial charge in [0.15, 0.2) is 0 Å². The molecular formula is C18H12O3S. The monoisotopic (exact) mass is 308 g/mol. The van der Waals surface area contributed by atoms with Gasteiger partial charge in [-0.1, -0.05) is 60.7 Å². The van der Waals surface area contributed by atoms with Crippen LogP contribution in [0.4, 0.5) is 0 Å². The molecule has 4 rings (SSSR count). The molecule has 22 heavy (non-hydrogen) atoms. The van der Waals surface area contributed by atoms with Crippen molar-refractivity contribution in [3.05, 3.63) is 66.7 Å². The van der Waals surface area contributed by atoms with E-state index in [1.54, 1.807) is 6.07 Å². The van der Waals surface area contributed by atoms with Crippen molar-refractivity contribution in [2.45, 2.75) is 4.90 Å². The largest absolute Gasteiger partial charge is 0.295 e. The highest BCUT2D eigenvalue weighted by molar-refractivity contribution is 7.86. The van der Waals surface area contributed by atoms with Gasteiger partial charge in [-0.15, -0.1) is 0 Å². The number of hydrogen-bond acceptors (Lipinski definition) is 2. The number of hydrogen-bond donors (Lipinski definition) is 1. The third kappa shape index (κ3) is 1.81. The van der Waals surface area contributed by atoms with Gasteiger partial charge in [-0.05, 0) is 33.0 Å². The Morgan fingerprint density at radius 2 is 1.00 bits per heavy atom. The zero-order valence-corrected chi connectivity index (χ0v) is 12.3. The Morgan fingerprint density at radius 1 is 0.591 bits per heavy atom. The first kappa shape index (κ1) is 13.2. The molecule has 0 amide bonds. The van der Waals surface area contributed by atoms with Crippen LogP contribution in [0.3, 0.4) is 0 Å². The van der Waals surface area contributed by atoms with Crippen LogP contribution in [-0.4, -0.2) is 13.0 Å². The molecule has 0 heterocycles. The van der Waals surface area contributed by atoms with E-state index in [1.807, 2.05) is 54.6 Å². The van der Waals surface area contributed by atoms with E-state index in [-0.39, 0.29) is 4.90 Å². The molecule has 0 aliphatic rings. The lowest BCUT2D eigenvalue weighted by Gasteiger charge is -2.12. The summed E-state index contributed by atoms with van der Waals surface area (Å²) >= 11 is 0. The van der Waals surface area contributed by atoms with Crippen LogP contribution in [0.15, 0.2) is 71.6 Å². The van der Waals surface area contributed by atoms with Crippen LogP contribution in [-0.2, 0) is 10.1 Å². The molecule has 0 spiro atoms. The molecule has 0 aliphatic heterocycles. The summed E-state index contributed by atoms with van der Waals surface area (Å²) in [4.78, 5) is -0.0491. The SMILES string of the molecule is O=S(=O)(O)c1cccc2c3ccccc3c3ccccc3c12. The van der Waals surface area contributed by atoms with Crippen LogP contribution in [0.5, 0.6) is 0 Å². The van der Waals surface area contributed by atoms with Crippen molar-refractivity contribution in [1.82, 2.24) is 0 Å². The minimum absolute atomic E-state index is 0.0491. The van der Waals surface area contributed by atoms with E-state index < -0.39 is 10.1 Å². The summed E-state index contributed by atoms with van der Waals surface area (Å²) in [6.45, 7) is 0. The average Bonchev–Trinajstić information content (AvgIpc) is 2.54. The van der Waals surface area contributed by atoms with Gasteiger partial charge in [0.2, 0.25) is 0 Å². The van der Waals surface area contributed by atoms with E-state index in [9.17, 15) is 13.0 Å². The Kier molecular flexibility index (Phi) is 2.73. The molecule has 108 valence electrons. The molecule has 1 N–H and O–H groups in total. The second-order valence-corrected chi connectivity index (χ2v) is 6.63. The Morgan fingerprint density at radius 3 is 1.50 bits per heavy atom. The summed E-state index contributed by atoms with van der Waals surface area (Å²) in [7, 11) is -4.29. The average molecular weight is 308 g/mol. The molecule has 0 aromatic heterocycles. The Bertz CT molecular complexity index is 1100. The summed E-state index contributed by atoms with van der Waals surface area (Å²) in [6.07, 6.45) is 0. The van der Waals surface area contributed by atoms with Crippen LogP contribution in [0, 0.1) is 0 Å².